The largest absolute Gasteiger partial charge is 0.354 e. The molecule has 1 aliphatic heterocycles. The Morgan fingerprint density at radius 2 is 2.00 bits per heavy atom. The molecule has 0 bridgehead atoms. The van der Waals surface area contributed by atoms with E-state index in [1.54, 1.807) is 6.20 Å². The van der Waals surface area contributed by atoms with E-state index in [1.165, 1.54) is 12.8 Å². The third-order valence-electron chi connectivity index (χ3n) is 3.47. The molecule has 92 valence electrons. The van der Waals surface area contributed by atoms with Gasteiger partial charge in [0.25, 0.3) is 0 Å². The number of hydrogen-bond acceptors (Lipinski definition) is 6. The summed E-state index contributed by atoms with van der Waals surface area (Å²) in [6.07, 6.45) is 4.51. The minimum absolute atomic E-state index is 0.479. The van der Waals surface area contributed by atoms with E-state index in [4.69, 9.17) is 5.84 Å². The number of nitrogens with one attached hydrogen (secondary N) is 1. The van der Waals surface area contributed by atoms with Crippen molar-refractivity contribution < 1.29 is 0 Å². The Balaban J connectivity index is 1.64. The molecule has 0 spiro atoms. The van der Waals surface area contributed by atoms with Crippen molar-refractivity contribution in [1.29, 1.82) is 0 Å². The van der Waals surface area contributed by atoms with Gasteiger partial charge in [0, 0.05) is 38.4 Å². The molecule has 1 saturated carbocycles. The van der Waals surface area contributed by atoms with Crippen LogP contribution in [0.5, 0.6) is 0 Å². The summed E-state index contributed by atoms with van der Waals surface area (Å²) >= 11 is 0. The van der Waals surface area contributed by atoms with Crippen LogP contribution in [0.1, 0.15) is 12.8 Å². The zero-order valence-corrected chi connectivity index (χ0v) is 9.84. The number of anilines is 2. The second-order valence-corrected chi connectivity index (χ2v) is 4.64. The van der Waals surface area contributed by atoms with E-state index in [2.05, 4.69) is 25.2 Å². The number of nitrogen functional groups attached to an aromatic ring is 1. The quantitative estimate of drug-likeness (QED) is 0.569. The second kappa shape index (κ2) is 4.46. The van der Waals surface area contributed by atoms with Crippen molar-refractivity contribution in [2.45, 2.75) is 18.9 Å². The Bertz CT molecular complexity index is 383. The molecule has 3 rings (SSSR count). The molecular weight excluding hydrogens is 216 g/mol. The van der Waals surface area contributed by atoms with Gasteiger partial charge in [-0.15, -0.1) is 0 Å². The van der Waals surface area contributed by atoms with Gasteiger partial charge in [0.15, 0.2) is 0 Å². The van der Waals surface area contributed by atoms with Crippen LogP contribution >= 0.6 is 0 Å². The van der Waals surface area contributed by atoms with Gasteiger partial charge in [-0.05, 0) is 18.9 Å². The average molecular weight is 234 g/mol. The molecule has 2 aliphatic rings. The predicted molar refractivity (Wildman–Crippen MR) is 66.7 cm³/mol. The fourth-order valence-electron chi connectivity index (χ4n) is 2.35. The molecule has 3 N–H and O–H groups in total. The Kier molecular flexibility index (Phi) is 2.82. The van der Waals surface area contributed by atoms with Crippen molar-refractivity contribution in [2.75, 3.05) is 36.5 Å². The van der Waals surface area contributed by atoms with Gasteiger partial charge in [-0.25, -0.2) is 10.8 Å². The van der Waals surface area contributed by atoms with Gasteiger partial charge in [-0.1, -0.05) is 0 Å². The molecular formula is C11H18N6. The lowest BCUT2D eigenvalue weighted by Gasteiger charge is -2.35. The van der Waals surface area contributed by atoms with Crippen molar-refractivity contribution in [3.63, 3.8) is 0 Å². The fraction of sp³-hybridized carbons (Fsp3) is 0.636. The molecule has 1 saturated heterocycles. The highest BCUT2D eigenvalue weighted by Gasteiger charge is 2.31. The van der Waals surface area contributed by atoms with Crippen LogP contribution in [0.3, 0.4) is 0 Å². The van der Waals surface area contributed by atoms with E-state index in [-0.39, 0.29) is 0 Å². The highest BCUT2D eigenvalue weighted by Crippen LogP contribution is 2.28. The molecule has 0 aromatic carbocycles. The van der Waals surface area contributed by atoms with Crippen molar-refractivity contribution in [3.05, 3.63) is 12.3 Å². The zero-order valence-electron chi connectivity index (χ0n) is 9.84. The zero-order chi connectivity index (χ0) is 11.7. The summed E-state index contributed by atoms with van der Waals surface area (Å²) in [5.41, 5.74) is 2.48. The topological polar surface area (TPSA) is 70.3 Å². The van der Waals surface area contributed by atoms with Gasteiger partial charge in [0.05, 0.1) is 0 Å². The number of aromatic nitrogens is 2. The molecule has 1 aromatic heterocycles. The van der Waals surface area contributed by atoms with Crippen LogP contribution in [-0.2, 0) is 0 Å². The van der Waals surface area contributed by atoms with Gasteiger partial charge in [0.1, 0.15) is 5.82 Å². The molecule has 0 unspecified atom stereocenters. The first-order valence-corrected chi connectivity index (χ1v) is 6.15. The van der Waals surface area contributed by atoms with Gasteiger partial charge in [0.2, 0.25) is 5.95 Å². The minimum Gasteiger partial charge on any atom is -0.354 e. The number of nitrogens with two attached hydrogens (primary N) is 1. The van der Waals surface area contributed by atoms with Crippen LogP contribution in [-0.4, -0.2) is 47.1 Å². The molecule has 2 fully saturated rings. The number of hydrogen-bond donors (Lipinski definition) is 2. The van der Waals surface area contributed by atoms with E-state index in [0.717, 1.165) is 38.0 Å². The van der Waals surface area contributed by atoms with Crippen LogP contribution in [0.15, 0.2) is 12.3 Å². The summed E-state index contributed by atoms with van der Waals surface area (Å²) < 4.78 is 0. The maximum absolute atomic E-state index is 5.32. The average Bonchev–Trinajstić information content (AvgIpc) is 3.23. The van der Waals surface area contributed by atoms with Gasteiger partial charge in [-0.3, -0.25) is 10.3 Å². The monoisotopic (exact) mass is 234 g/mol. The van der Waals surface area contributed by atoms with Crippen LogP contribution in [0.4, 0.5) is 11.8 Å². The van der Waals surface area contributed by atoms with Crippen LogP contribution in [0.25, 0.3) is 0 Å². The van der Waals surface area contributed by atoms with Crippen LogP contribution in [0, 0.1) is 0 Å². The normalized spacial score (nSPS) is 21.6. The summed E-state index contributed by atoms with van der Waals surface area (Å²) in [5, 5.41) is 0. The van der Waals surface area contributed by atoms with E-state index in [1.807, 2.05) is 6.07 Å². The second-order valence-electron chi connectivity index (χ2n) is 4.64. The van der Waals surface area contributed by atoms with Crippen LogP contribution in [0.2, 0.25) is 0 Å². The predicted octanol–water partition coefficient (Wildman–Crippen LogP) is 0.0466. The molecule has 2 heterocycles. The Hall–Kier alpha value is -1.40. The number of piperazine rings is 1. The Labute approximate surface area is 101 Å². The molecule has 0 radical (unpaired) electrons. The Morgan fingerprint density at radius 1 is 1.24 bits per heavy atom. The standard InChI is InChI=1S/C11H18N6/c12-15-11-13-4-3-10(14-11)17-7-5-16(6-8-17)9-1-2-9/h3-4,9H,1-2,5-8,12H2,(H,13,14,15). The highest BCUT2D eigenvalue weighted by molar-refractivity contribution is 5.42. The van der Waals surface area contributed by atoms with Crippen molar-refractivity contribution >= 4 is 11.8 Å². The lowest BCUT2D eigenvalue weighted by molar-refractivity contribution is 0.247. The summed E-state index contributed by atoms with van der Waals surface area (Å²) in [7, 11) is 0. The molecule has 6 heteroatoms. The summed E-state index contributed by atoms with van der Waals surface area (Å²) in [5.74, 6) is 6.76. The summed E-state index contributed by atoms with van der Waals surface area (Å²) in [4.78, 5) is 13.3. The first kappa shape index (κ1) is 10.7. The van der Waals surface area contributed by atoms with E-state index in [0.29, 0.717) is 5.95 Å². The first-order chi connectivity index (χ1) is 8.36. The Morgan fingerprint density at radius 3 is 2.65 bits per heavy atom. The van der Waals surface area contributed by atoms with Gasteiger partial charge >= 0.3 is 0 Å². The maximum Gasteiger partial charge on any atom is 0.239 e. The maximum atomic E-state index is 5.32. The highest BCUT2D eigenvalue weighted by atomic mass is 15.3. The van der Waals surface area contributed by atoms with Crippen molar-refractivity contribution in [2.24, 2.45) is 5.84 Å². The van der Waals surface area contributed by atoms with Gasteiger partial charge in [-0.2, -0.15) is 4.98 Å². The SMILES string of the molecule is NNc1nccc(N2CCN(C3CC3)CC2)n1. The smallest absolute Gasteiger partial charge is 0.239 e. The van der Waals surface area contributed by atoms with Gasteiger partial charge < -0.3 is 4.90 Å². The molecule has 0 atom stereocenters. The third kappa shape index (κ3) is 2.32. The lowest BCUT2D eigenvalue weighted by Crippen LogP contribution is -2.47. The fourth-order valence-corrected chi connectivity index (χ4v) is 2.35. The summed E-state index contributed by atoms with van der Waals surface area (Å²) in [6.45, 7) is 4.36. The molecule has 6 nitrogen and oxygen atoms in total. The molecule has 17 heavy (non-hydrogen) atoms. The van der Waals surface area contributed by atoms with Crippen LogP contribution < -0.4 is 16.2 Å². The molecule has 1 aromatic rings. The van der Waals surface area contributed by atoms with Crippen molar-refractivity contribution in [3.8, 4) is 0 Å². The van der Waals surface area contributed by atoms with E-state index >= 15 is 0 Å². The van der Waals surface area contributed by atoms with E-state index in [9.17, 15) is 0 Å². The molecule has 1 aliphatic carbocycles. The van der Waals surface area contributed by atoms with Crippen molar-refractivity contribution in [1.82, 2.24) is 14.9 Å². The molecule has 0 amide bonds. The number of hydrazine groups is 1. The first-order valence-electron chi connectivity index (χ1n) is 6.15. The lowest BCUT2D eigenvalue weighted by atomic mass is 10.3. The minimum atomic E-state index is 0.479. The summed E-state index contributed by atoms with van der Waals surface area (Å²) in [6, 6.07) is 2.80. The third-order valence-corrected chi connectivity index (χ3v) is 3.47. The number of nitrogens with zero attached hydrogens (tertiary/aromatic N) is 4. The number of rotatable bonds is 3. The van der Waals surface area contributed by atoms with E-state index < -0.39 is 0 Å².